The second-order valence-electron chi connectivity index (χ2n) is 6.39. The molecule has 0 radical (unpaired) electrons. The number of nitrogens with zero attached hydrogens (tertiary/aromatic N) is 1. The van der Waals surface area contributed by atoms with Gasteiger partial charge in [0.2, 0.25) is 11.8 Å². The van der Waals surface area contributed by atoms with Gasteiger partial charge in [0.15, 0.2) is 0 Å². The summed E-state index contributed by atoms with van der Waals surface area (Å²) in [6.45, 7) is 9.73. The molecule has 1 saturated heterocycles. The standard InChI is InChI=1S/C15H30N4O2/c1-11(2)14(16)15(21)18-9-13(20)17-6-8-19-7-4-5-12(3)10-19/h11-12,14H,4-10,16H2,1-3H3,(H,17,20)(H,18,21)/t12?,14-/m0/s1. The summed E-state index contributed by atoms with van der Waals surface area (Å²) in [5, 5.41) is 5.40. The lowest BCUT2D eigenvalue weighted by atomic mass is 10.0. The van der Waals surface area contributed by atoms with Crippen molar-refractivity contribution in [3.8, 4) is 0 Å². The van der Waals surface area contributed by atoms with Crippen molar-refractivity contribution in [2.45, 2.75) is 39.7 Å². The third-order valence-electron chi connectivity index (χ3n) is 3.94. The Morgan fingerprint density at radius 3 is 2.67 bits per heavy atom. The van der Waals surface area contributed by atoms with Crippen molar-refractivity contribution in [3.05, 3.63) is 0 Å². The summed E-state index contributed by atoms with van der Waals surface area (Å²) >= 11 is 0. The number of carbonyl (C=O) groups excluding carboxylic acids is 2. The van der Waals surface area contributed by atoms with Crippen LogP contribution in [-0.4, -0.2) is 55.5 Å². The molecule has 2 amide bonds. The summed E-state index contributed by atoms with van der Waals surface area (Å²) in [7, 11) is 0. The highest BCUT2D eigenvalue weighted by atomic mass is 16.2. The van der Waals surface area contributed by atoms with E-state index in [1.165, 1.54) is 12.8 Å². The zero-order chi connectivity index (χ0) is 15.8. The molecule has 1 heterocycles. The summed E-state index contributed by atoms with van der Waals surface area (Å²) in [6.07, 6.45) is 2.53. The lowest BCUT2D eigenvalue weighted by molar-refractivity contribution is -0.127. The van der Waals surface area contributed by atoms with Gasteiger partial charge in [-0.15, -0.1) is 0 Å². The van der Waals surface area contributed by atoms with Gasteiger partial charge in [0.25, 0.3) is 0 Å². The smallest absolute Gasteiger partial charge is 0.239 e. The number of nitrogens with one attached hydrogen (secondary N) is 2. The molecular formula is C15H30N4O2. The first kappa shape index (κ1) is 17.9. The lowest BCUT2D eigenvalue weighted by Crippen LogP contribution is -2.48. The van der Waals surface area contributed by atoms with Crippen molar-refractivity contribution in [2.24, 2.45) is 17.6 Å². The first-order chi connectivity index (χ1) is 9.90. The molecule has 0 aliphatic carbocycles. The van der Waals surface area contributed by atoms with Crippen molar-refractivity contribution < 1.29 is 9.59 Å². The molecule has 0 aromatic carbocycles. The van der Waals surface area contributed by atoms with Crippen LogP contribution in [0.15, 0.2) is 0 Å². The van der Waals surface area contributed by atoms with E-state index in [9.17, 15) is 9.59 Å². The number of hydrogen-bond donors (Lipinski definition) is 3. The van der Waals surface area contributed by atoms with Crippen molar-refractivity contribution in [1.82, 2.24) is 15.5 Å². The predicted molar refractivity (Wildman–Crippen MR) is 83.7 cm³/mol. The zero-order valence-corrected chi connectivity index (χ0v) is 13.5. The van der Waals surface area contributed by atoms with E-state index in [0.29, 0.717) is 6.54 Å². The minimum Gasteiger partial charge on any atom is -0.353 e. The second kappa shape index (κ2) is 9.00. The molecule has 6 heteroatoms. The zero-order valence-electron chi connectivity index (χ0n) is 13.5. The first-order valence-corrected chi connectivity index (χ1v) is 7.92. The van der Waals surface area contributed by atoms with Crippen LogP contribution in [0.5, 0.6) is 0 Å². The number of hydrogen-bond acceptors (Lipinski definition) is 4. The SMILES string of the molecule is CC1CCCN(CCNC(=O)CNC(=O)[C@@H](N)C(C)C)C1. The quantitative estimate of drug-likeness (QED) is 0.614. The molecule has 122 valence electrons. The number of rotatable bonds is 7. The van der Waals surface area contributed by atoms with Crippen LogP contribution in [-0.2, 0) is 9.59 Å². The van der Waals surface area contributed by atoms with Crippen molar-refractivity contribution in [2.75, 3.05) is 32.7 Å². The van der Waals surface area contributed by atoms with Gasteiger partial charge in [-0.1, -0.05) is 20.8 Å². The highest BCUT2D eigenvalue weighted by Gasteiger charge is 2.18. The molecule has 1 aliphatic heterocycles. The number of amides is 2. The van der Waals surface area contributed by atoms with Gasteiger partial charge in [-0.3, -0.25) is 9.59 Å². The van der Waals surface area contributed by atoms with E-state index >= 15 is 0 Å². The van der Waals surface area contributed by atoms with Crippen LogP contribution in [0.4, 0.5) is 0 Å². The molecule has 4 N–H and O–H groups in total. The molecule has 0 bridgehead atoms. The van der Waals surface area contributed by atoms with E-state index in [-0.39, 0.29) is 24.3 Å². The van der Waals surface area contributed by atoms with E-state index < -0.39 is 6.04 Å². The van der Waals surface area contributed by atoms with Crippen LogP contribution in [0.3, 0.4) is 0 Å². The minimum atomic E-state index is -0.562. The fraction of sp³-hybridized carbons (Fsp3) is 0.867. The lowest BCUT2D eigenvalue weighted by Gasteiger charge is -2.30. The number of piperidine rings is 1. The van der Waals surface area contributed by atoms with Crippen LogP contribution >= 0.6 is 0 Å². The molecule has 6 nitrogen and oxygen atoms in total. The summed E-state index contributed by atoms with van der Waals surface area (Å²) in [5.41, 5.74) is 5.71. The van der Waals surface area contributed by atoms with Crippen molar-refractivity contribution in [1.29, 1.82) is 0 Å². The molecule has 1 rings (SSSR count). The average molecular weight is 298 g/mol. The molecular weight excluding hydrogens is 268 g/mol. The van der Waals surface area contributed by atoms with Crippen LogP contribution < -0.4 is 16.4 Å². The van der Waals surface area contributed by atoms with E-state index in [2.05, 4.69) is 22.5 Å². The van der Waals surface area contributed by atoms with Gasteiger partial charge in [0, 0.05) is 19.6 Å². The highest BCUT2D eigenvalue weighted by molar-refractivity contribution is 5.87. The van der Waals surface area contributed by atoms with Crippen LogP contribution in [0.25, 0.3) is 0 Å². The fourth-order valence-electron chi connectivity index (χ4n) is 2.49. The minimum absolute atomic E-state index is 0.00431. The van der Waals surface area contributed by atoms with E-state index in [1.54, 1.807) is 0 Å². The number of carbonyl (C=O) groups is 2. The molecule has 0 spiro atoms. The van der Waals surface area contributed by atoms with Gasteiger partial charge in [-0.2, -0.15) is 0 Å². The predicted octanol–water partition coefficient (Wildman–Crippen LogP) is -0.0660. The maximum absolute atomic E-state index is 11.7. The molecule has 1 unspecified atom stereocenters. The summed E-state index contributed by atoms with van der Waals surface area (Å²) in [6, 6.07) is -0.562. The summed E-state index contributed by atoms with van der Waals surface area (Å²) < 4.78 is 0. The van der Waals surface area contributed by atoms with Crippen LogP contribution in [0.1, 0.15) is 33.6 Å². The molecule has 21 heavy (non-hydrogen) atoms. The average Bonchev–Trinajstić information content (AvgIpc) is 2.44. The van der Waals surface area contributed by atoms with Gasteiger partial charge in [0.05, 0.1) is 12.6 Å². The summed E-state index contributed by atoms with van der Waals surface area (Å²) in [5.74, 6) is 0.370. The third kappa shape index (κ3) is 6.91. The maximum Gasteiger partial charge on any atom is 0.239 e. The molecule has 0 aromatic heterocycles. The Hall–Kier alpha value is -1.14. The van der Waals surface area contributed by atoms with E-state index in [4.69, 9.17) is 5.73 Å². The Morgan fingerprint density at radius 2 is 2.05 bits per heavy atom. The Bertz CT molecular complexity index is 347. The molecule has 1 aliphatic rings. The molecule has 0 aromatic rings. The highest BCUT2D eigenvalue weighted by Crippen LogP contribution is 2.14. The Morgan fingerprint density at radius 1 is 1.33 bits per heavy atom. The number of nitrogens with two attached hydrogens (primary N) is 1. The van der Waals surface area contributed by atoms with Gasteiger partial charge in [0.1, 0.15) is 0 Å². The van der Waals surface area contributed by atoms with Crippen molar-refractivity contribution in [3.63, 3.8) is 0 Å². The Kier molecular flexibility index (Phi) is 7.67. The molecule has 2 atom stereocenters. The van der Waals surface area contributed by atoms with Gasteiger partial charge < -0.3 is 21.3 Å². The maximum atomic E-state index is 11.7. The van der Waals surface area contributed by atoms with E-state index in [0.717, 1.165) is 25.6 Å². The molecule has 0 saturated carbocycles. The second-order valence-corrected chi connectivity index (χ2v) is 6.39. The monoisotopic (exact) mass is 298 g/mol. The Balaban J connectivity index is 2.12. The summed E-state index contributed by atoms with van der Waals surface area (Å²) in [4.78, 5) is 25.7. The topological polar surface area (TPSA) is 87.5 Å². The normalized spacial score (nSPS) is 21.1. The van der Waals surface area contributed by atoms with Crippen molar-refractivity contribution >= 4 is 11.8 Å². The van der Waals surface area contributed by atoms with Gasteiger partial charge in [-0.05, 0) is 31.2 Å². The first-order valence-electron chi connectivity index (χ1n) is 7.92. The van der Waals surface area contributed by atoms with Crippen LogP contribution in [0.2, 0.25) is 0 Å². The van der Waals surface area contributed by atoms with Crippen LogP contribution in [0, 0.1) is 11.8 Å². The fourth-order valence-corrected chi connectivity index (χ4v) is 2.49. The van der Waals surface area contributed by atoms with Gasteiger partial charge in [-0.25, -0.2) is 0 Å². The Labute approximate surface area is 127 Å². The van der Waals surface area contributed by atoms with Gasteiger partial charge >= 0.3 is 0 Å². The largest absolute Gasteiger partial charge is 0.353 e. The molecule has 1 fully saturated rings. The third-order valence-corrected chi connectivity index (χ3v) is 3.94. The number of likely N-dealkylation sites (tertiary alicyclic amines) is 1. The van der Waals surface area contributed by atoms with E-state index in [1.807, 2.05) is 13.8 Å².